The molecule has 1 atom stereocenters. The minimum atomic E-state index is -0.160. The first-order valence-electron chi connectivity index (χ1n) is 21.3. The quantitative estimate of drug-likeness (QED) is 0.153. The molecule has 60 heavy (non-hydrogen) atoms. The molecule has 0 N–H and O–H groups in total. The second-order valence-electron chi connectivity index (χ2n) is 18.0. The highest BCUT2D eigenvalue weighted by Gasteiger charge is 2.42. The van der Waals surface area contributed by atoms with E-state index >= 15 is 0 Å². The van der Waals surface area contributed by atoms with Gasteiger partial charge in [-0.1, -0.05) is 185 Å². The first kappa shape index (κ1) is 35.4. The lowest BCUT2D eigenvalue weighted by molar-refractivity contribution is 0.652. The predicted molar refractivity (Wildman–Crippen MR) is 257 cm³/mol. The maximum absolute atomic E-state index is 2.55. The molecule has 2 aliphatic carbocycles. The normalized spacial score (nSPS) is 14.9. The maximum Gasteiger partial charge on any atom is 0.0358 e. The molecule has 0 spiro atoms. The van der Waals surface area contributed by atoms with Gasteiger partial charge in [-0.05, 0) is 125 Å². The molecule has 1 unspecified atom stereocenters. The molecule has 286 valence electrons. The van der Waals surface area contributed by atoms with Crippen LogP contribution in [0.4, 0.5) is 0 Å². The van der Waals surface area contributed by atoms with Crippen LogP contribution in [0.15, 0.2) is 188 Å². The number of hydrogen-bond acceptors (Lipinski definition) is 1. The number of benzene rings is 9. The minimum Gasteiger partial charge on any atom is -0.135 e. The first-order valence-corrected chi connectivity index (χ1v) is 22.1. The molecule has 0 aliphatic heterocycles. The summed E-state index contributed by atoms with van der Waals surface area (Å²) in [5.74, 6) is 0.0650. The van der Waals surface area contributed by atoms with Crippen molar-refractivity contribution in [1.29, 1.82) is 0 Å². The summed E-state index contributed by atoms with van der Waals surface area (Å²) in [7, 11) is 0. The van der Waals surface area contributed by atoms with E-state index < -0.39 is 0 Å². The van der Waals surface area contributed by atoms with Crippen molar-refractivity contribution in [3.8, 4) is 44.5 Å². The van der Waals surface area contributed by atoms with Crippen LogP contribution in [0.3, 0.4) is 0 Å². The van der Waals surface area contributed by atoms with Gasteiger partial charge in [-0.3, -0.25) is 0 Å². The van der Waals surface area contributed by atoms with Crippen LogP contribution in [0.1, 0.15) is 72.6 Å². The Labute approximate surface area is 356 Å². The smallest absolute Gasteiger partial charge is 0.0358 e. The largest absolute Gasteiger partial charge is 0.135 e. The van der Waals surface area contributed by atoms with Crippen LogP contribution in [-0.2, 0) is 10.8 Å². The van der Waals surface area contributed by atoms with Crippen LogP contribution < -0.4 is 0 Å². The van der Waals surface area contributed by atoms with E-state index in [1.807, 2.05) is 11.3 Å². The molecule has 0 amide bonds. The summed E-state index contributed by atoms with van der Waals surface area (Å²) in [6.45, 7) is 9.66. The van der Waals surface area contributed by atoms with Crippen LogP contribution in [0.5, 0.6) is 0 Å². The third kappa shape index (κ3) is 5.15. The van der Waals surface area contributed by atoms with Gasteiger partial charge >= 0.3 is 0 Å². The van der Waals surface area contributed by atoms with Crippen molar-refractivity contribution in [2.45, 2.75) is 44.4 Å². The lowest BCUT2D eigenvalue weighted by Crippen LogP contribution is -2.17. The average Bonchev–Trinajstić information content (AvgIpc) is 3.85. The average molecular weight is 785 g/mol. The van der Waals surface area contributed by atoms with Crippen molar-refractivity contribution in [3.05, 3.63) is 227 Å². The van der Waals surface area contributed by atoms with Gasteiger partial charge in [-0.15, -0.1) is 11.3 Å². The van der Waals surface area contributed by atoms with Crippen LogP contribution >= 0.6 is 11.3 Å². The molecule has 2 aliphatic rings. The molecular weight excluding hydrogens is 741 g/mol. The van der Waals surface area contributed by atoms with E-state index in [1.54, 1.807) is 0 Å². The van der Waals surface area contributed by atoms with Crippen LogP contribution in [0, 0.1) is 0 Å². The standard InChI is InChI=1S/C59H44S/c1-58(2)50-25-14-23-43(37-15-6-5-7-16-37)57(50)49-35-52-48(34-53(49)58)44-29-27-39(32-51(44)59(52,3)4)38-19-12-20-40(31-38)56(47-24-13-18-36-17-8-9-21-42(36)47)41-28-30-46-45-22-10-11-26-54(45)60-55(46)33-41/h5-35,56H,1-4H3. The van der Waals surface area contributed by atoms with Gasteiger partial charge < -0.3 is 0 Å². The molecule has 0 nitrogen and oxygen atoms in total. The van der Waals surface area contributed by atoms with E-state index in [-0.39, 0.29) is 16.7 Å². The molecule has 1 aromatic heterocycles. The molecular formula is C59H44S. The Bertz CT molecular complexity index is 3370. The Morgan fingerprint density at radius 3 is 1.88 bits per heavy atom. The zero-order chi connectivity index (χ0) is 40.3. The molecule has 1 heteroatoms. The van der Waals surface area contributed by atoms with Gasteiger partial charge in [0.2, 0.25) is 0 Å². The molecule has 0 bridgehead atoms. The highest BCUT2D eigenvalue weighted by Crippen LogP contribution is 2.58. The number of thiophene rings is 1. The van der Waals surface area contributed by atoms with Crippen LogP contribution in [-0.4, -0.2) is 0 Å². The van der Waals surface area contributed by atoms with Gasteiger partial charge in [0.15, 0.2) is 0 Å². The number of rotatable bonds is 5. The Kier molecular flexibility index (Phi) is 7.66. The summed E-state index contributed by atoms with van der Waals surface area (Å²) in [6, 6.07) is 71.1. The Balaban J connectivity index is 0.980. The van der Waals surface area contributed by atoms with Gasteiger partial charge in [0.25, 0.3) is 0 Å². The van der Waals surface area contributed by atoms with Crippen molar-refractivity contribution in [2.75, 3.05) is 0 Å². The first-order chi connectivity index (χ1) is 29.3. The predicted octanol–water partition coefficient (Wildman–Crippen LogP) is 16.3. The van der Waals surface area contributed by atoms with E-state index in [0.717, 1.165) is 0 Å². The zero-order valence-corrected chi connectivity index (χ0v) is 35.2. The zero-order valence-electron chi connectivity index (χ0n) is 34.4. The van der Waals surface area contributed by atoms with Crippen molar-refractivity contribution in [2.24, 2.45) is 0 Å². The lowest BCUT2D eigenvalue weighted by Gasteiger charge is -2.24. The van der Waals surface area contributed by atoms with E-state index in [2.05, 4.69) is 216 Å². The molecule has 1 heterocycles. The van der Waals surface area contributed by atoms with E-state index in [4.69, 9.17) is 0 Å². The van der Waals surface area contributed by atoms with E-state index in [0.29, 0.717) is 0 Å². The molecule has 0 radical (unpaired) electrons. The third-order valence-corrected chi connectivity index (χ3v) is 15.1. The maximum atomic E-state index is 2.55. The number of fused-ring (bicyclic) bond motifs is 10. The second kappa shape index (κ2) is 13.0. The lowest BCUT2D eigenvalue weighted by atomic mass is 9.79. The Morgan fingerprint density at radius 2 is 1.00 bits per heavy atom. The van der Waals surface area contributed by atoms with Gasteiger partial charge in [0, 0.05) is 36.9 Å². The third-order valence-electron chi connectivity index (χ3n) is 14.0. The molecule has 0 saturated heterocycles. The SMILES string of the molecule is CC1(C)c2cc(-c3cccc(C(c4ccc5c(c4)sc4ccccc45)c4cccc5ccccc45)c3)ccc2-c2cc3c(cc21)-c1c(-c2ccccc2)cccc1C3(C)C. The van der Waals surface area contributed by atoms with Gasteiger partial charge in [0.05, 0.1) is 0 Å². The van der Waals surface area contributed by atoms with Crippen molar-refractivity contribution in [3.63, 3.8) is 0 Å². The summed E-state index contributed by atoms with van der Waals surface area (Å²) in [5.41, 5.74) is 20.0. The van der Waals surface area contributed by atoms with Gasteiger partial charge in [-0.25, -0.2) is 0 Å². The minimum absolute atomic E-state index is 0.0650. The fourth-order valence-electron chi connectivity index (χ4n) is 10.9. The van der Waals surface area contributed by atoms with Crippen molar-refractivity contribution in [1.82, 2.24) is 0 Å². The monoisotopic (exact) mass is 784 g/mol. The molecule has 10 aromatic rings. The molecule has 12 rings (SSSR count). The summed E-state index contributed by atoms with van der Waals surface area (Å²) in [5, 5.41) is 5.25. The fourth-order valence-corrected chi connectivity index (χ4v) is 12.1. The Morgan fingerprint density at radius 1 is 0.367 bits per heavy atom. The van der Waals surface area contributed by atoms with E-state index in [1.165, 1.54) is 114 Å². The van der Waals surface area contributed by atoms with Crippen LogP contribution in [0.2, 0.25) is 0 Å². The fraction of sp³-hybridized carbons (Fsp3) is 0.119. The highest BCUT2D eigenvalue weighted by molar-refractivity contribution is 7.25. The van der Waals surface area contributed by atoms with Crippen LogP contribution in [0.25, 0.3) is 75.5 Å². The summed E-state index contributed by atoms with van der Waals surface area (Å²) >= 11 is 1.90. The summed E-state index contributed by atoms with van der Waals surface area (Å²) in [6.07, 6.45) is 0. The second-order valence-corrected chi connectivity index (χ2v) is 19.1. The molecule has 0 saturated carbocycles. The van der Waals surface area contributed by atoms with Crippen molar-refractivity contribution < 1.29 is 0 Å². The van der Waals surface area contributed by atoms with Gasteiger partial charge in [0.1, 0.15) is 0 Å². The highest BCUT2D eigenvalue weighted by atomic mass is 32.1. The van der Waals surface area contributed by atoms with E-state index in [9.17, 15) is 0 Å². The number of hydrogen-bond donors (Lipinski definition) is 0. The van der Waals surface area contributed by atoms with Gasteiger partial charge in [-0.2, -0.15) is 0 Å². The topological polar surface area (TPSA) is 0 Å². The molecule has 9 aromatic carbocycles. The summed E-state index contributed by atoms with van der Waals surface area (Å²) in [4.78, 5) is 0. The van der Waals surface area contributed by atoms with Crippen molar-refractivity contribution >= 4 is 42.3 Å². The summed E-state index contributed by atoms with van der Waals surface area (Å²) < 4.78 is 2.68. The Hall–Kier alpha value is -6.54. The molecule has 0 fully saturated rings.